The van der Waals surface area contributed by atoms with Gasteiger partial charge in [-0.05, 0) is 105 Å². The second-order valence-electron chi connectivity index (χ2n) is 12.8. The third-order valence-corrected chi connectivity index (χ3v) is 10.1. The van der Waals surface area contributed by atoms with Crippen molar-refractivity contribution in [1.29, 1.82) is 0 Å². The zero-order chi connectivity index (χ0) is 33.8. The fraction of sp³-hybridized carbons (Fsp3) is 0.405. The zero-order valence-electron chi connectivity index (χ0n) is 27.4. The lowest BCUT2D eigenvalue weighted by Gasteiger charge is -2.37. The molecule has 1 aliphatic carbocycles. The van der Waals surface area contributed by atoms with E-state index in [1.807, 2.05) is 12.1 Å². The number of benzene rings is 3. The number of thioether (sulfide) groups is 1. The summed E-state index contributed by atoms with van der Waals surface area (Å²) in [5.41, 5.74) is 6.33. The van der Waals surface area contributed by atoms with E-state index >= 15 is 0 Å². The van der Waals surface area contributed by atoms with Crippen LogP contribution in [0.25, 0.3) is 17.1 Å². The quantitative estimate of drug-likeness (QED) is 0.176. The maximum atomic E-state index is 13.4. The van der Waals surface area contributed by atoms with Crippen LogP contribution in [0.4, 0.5) is 18.9 Å². The number of carbonyl (C=O) groups is 1. The first-order valence-electron chi connectivity index (χ1n) is 16.6. The maximum absolute atomic E-state index is 13.4. The number of halogens is 3. The van der Waals surface area contributed by atoms with Gasteiger partial charge in [-0.15, -0.1) is 18.3 Å². The topological polar surface area (TPSA) is 72.6 Å². The summed E-state index contributed by atoms with van der Waals surface area (Å²) >= 11 is 1.69. The Hall–Kier alpha value is -4.12. The molecule has 7 nitrogen and oxygen atoms in total. The van der Waals surface area contributed by atoms with E-state index in [0.717, 1.165) is 55.0 Å². The molecule has 0 spiro atoms. The van der Waals surface area contributed by atoms with Crippen molar-refractivity contribution >= 4 is 28.5 Å². The number of alkyl halides is 3. The molecule has 1 amide bonds. The Kier molecular flexibility index (Phi) is 10.2. The Morgan fingerprint density at radius 1 is 1.04 bits per heavy atom. The lowest BCUT2D eigenvalue weighted by Crippen LogP contribution is -2.42. The van der Waals surface area contributed by atoms with E-state index in [-0.39, 0.29) is 17.7 Å². The van der Waals surface area contributed by atoms with E-state index in [2.05, 4.69) is 70.8 Å². The fourth-order valence-corrected chi connectivity index (χ4v) is 7.93. The minimum atomic E-state index is -4.74. The number of carbonyl (C=O) groups excluding carboxylic acids is 1. The largest absolute Gasteiger partial charge is 0.573 e. The second-order valence-corrected chi connectivity index (χ2v) is 13.8. The number of hydrogen-bond donors (Lipinski definition) is 0. The molecule has 3 aromatic carbocycles. The lowest BCUT2D eigenvalue weighted by molar-refractivity contribution is -0.274. The molecule has 1 saturated heterocycles. The number of rotatable bonds is 9. The smallest absolute Gasteiger partial charge is 0.406 e. The van der Waals surface area contributed by atoms with Crippen LogP contribution in [0.15, 0.2) is 78.0 Å². The van der Waals surface area contributed by atoms with Crippen molar-refractivity contribution in [1.82, 2.24) is 14.8 Å². The lowest BCUT2D eigenvalue weighted by atomic mass is 9.94. The first-order valence-corrected chi connectivity index (χ1v) is 17.6. The van der Waals surface area contributed by atoms with Gasteiger partial charge in [0.2, 0.25) is 5.91 Å². The molecule has 0 radical (unpaired) electrons. The molecule has 3 unspecified atom stereocenters. The maximum Gasteiger partial charge on any atom is 0.573 e. The van der Waals surface area contributed by atoms with Gasteiger partial charge in [-0.3, -0.25) is 4.79 Å². The Balaban J connectivity index is 1.07. The van der Waals surface area contributed by atoms with Gasteiger partial charge in [-0.25, -0.2) is 9.67 Å². The van der Waals surface area contributed by atoms with Crippen molar-refractivity contribution in [3.63, 3.8) is 0 Å². The number of amides is 1. The van der Waals surface area contributed by atoms with Crippen LogP contribution < -0.4 is 9.64 Å². The van der Waals surface area contributed by atoms with Crippen LogP contribution in [0.5, 0.6) is 5.75 Å². The number of aryl methyl sites for hydroxylation is 2. The number of amidine groups is 1. The fourth-order valence-electron chi connectivity index (χ4n) is 6.70. The van der Waals surface area contributed by atoms with Crippen molar-refractivity contribution < 1.29 is 22.7 Å². The second kappa shape index (κ2) is 14.6. The molecule has 2 heterocycles. The zero-order valence-corrected chi connectivity index (χ0v) is 28.2. The average Bonchev–Trinajstić information content (AvgIpc) is 3.73. The minimum Gasteiger partial charge on any atom is -0.406 e. The Morgan fingerprint density at radius 2 is 1.81 bits per heavy atom. The third-order valence-electron chi connectivity index (χ3n) is 9.13. The Bertz CT molecular complexity index is 1750. The van der Waals surface area contributed by atoms with Gasteiger partial charge in [0, 0.05) is 29.5 Å². The van der Waals surface area contributed by atoms with Crippen molar-refractivity contribution in [3.8, 4) is 22.8 Å². The summed E-state index contributed by atoms with van der Waals surface area (Å²) in [6.07, 6.45) is 3.33. The summed E-state index contributed by atoms with van der Waals surface area (Å²) < 4.78 is 42.9. The molecule has 11 heteroatoms. The van der Waals surface area contributed by atoms with Crippen molar-refractivity contribution in [3.05, 3.63) is 89.7 Å². The van der Waals surface area contributed by atoms with Crippen molar-refractivity contribution in [2.24, 2.45) is 10.9 Å². The van der Waals surface area contributed by atoms with Crippen LogP contribution in [0.1, 0.15) is 75.0 Å². The predicted molar refractivity (Wildman–Crippen MR) is 185 cm³/mol. The molecular weight excluding hydrogens is 636 g/mol. The monoisotopic (exact) mass is 675 g/mol. The molecule has 1 aliphatic heterocycles. The van der Waals surface area contributed by atoms with E-state index in [4.69, 9.17) is 4.99 Å². The summed E-state index contributed by atoms with van der Waals surface area (Å²) in [6.45, 7) is 6.54. The van der Waals surface area contributed by atoms with Gasteiger partial charge in [-0.2, -0.15) is 4.99 Å². The number of nitrogens with zero attached hydrogens (tertiary/aromatic N) is 5. The molecule has 3 atom stereocenters. The van der Waals surface area contributed by atoms with E-state index in [9.17, 15) is 18.0 Å². The van der Waals surface area contributed by atoms with Crippen molar-refractivity contribution in [2.75, 3.05) is 10.7 Å². The molecule has 48 heavy (non-hydrogen) atoms. The summed E-state index contributed by atoms with van der Waals surface area (Å²) in [4.78, 5) is 24.8. The van der Waals surface area contributed by atoms with Gasteiger partial charge < -0.3 is 9.64 Å². The van der Waals surface area contributed by atoms with Gasteiger partial charge in [0.15, 0.2) is 11.0 Å². The first kappa shape index (κ1) is 33.8. The molecule has 2 fully saturated rings. The van der Waals surface area contributed by atoms with E-state index in [1.165, 1.54) is 57.7 Å². The molecular formula is C37H40F3N5O2S. The predicted octanol–water partition coefficient (Wildman–Crippen LogP) is 9.28. The van der Waals surface area contributed by atoms with Crippen molar-refractivity contribution in [2.45, 2.75) is 84.0 Å². The summed E-state index contributed by atoms with van der Waals surface area (Å²) in [5, 5.41) is 5.34. The standard InChI is InChI=1S/C37H40F3N5O2S/c1-4-5-28-8-6-24(2)20-33(28)45-25(3)18-19-48-36(45)42-34(46)22-26-7-9-30(21-26)27-10-12-29(13-11-27)35-41-23-44(43-35)31-14-16-32(17-15-31)47-37(38,39)40/h6,8,10-17,20,23,25-26,30H,4-5,7,9,18-19,21-22H2,1-3H3. The number of anilines is 1. The highest BCUT2D eigenvalue weighted by Crippen LogP contribution is 2.41. The van der Waals surface area contributed by atoms with Gasteiger partial charge in [0.25, 0.3) is 0 Å². The van der Waals surface area contributed by atoms with Gasteiger partial charge in [0.1, 0.15) is 12.1 Å². The highest BCUT2D eigenvalue weighted by Gasteiger charge is 2.32. The van der Waals surface area contributed by atoms with Crippen LogP contribution in [0, 0.1) is 12.8 Å². The van der Waals surface area contributed by atoms with Crippen LogP contribution in [-0.2, 0) is 11.2 Å². The molecule has 0 N–H and O–H groups in total. The molecule has 252 valence electrons. The number of ether oxygens (including phenoxy) is 1. The third kappa shape index (κ3) is 8.11. The number of aromatic nitrogens is 3. The molecule has 1 saturated carbocycles. The molecule has 1 aromatic heterocycles. The average molecular weight is 676 g/mol. The van der Waals surface area contributed by atoms with Gasteiger partial charge >= 0.3 is 6.36 Å². The van der Waals surface area contributed by atoms with Crippen LogP contribution >= 0.6 is 11.8 Å². The molecule has 2 aliphatic rings. The molecule has 6 rings (SSSR count). The summed E-state index contributed by atoms with van der Waals surface area (Å²) in [6, 6.07) is 20.6. The van der Waals surface area contributed by atoms with E-state index < -0.39 is 6.36 Å². The Labute approximate surface area is 283 Å². The van der Waals surface area contributed by atoms with Gasteiger partial charge in [-0.1, -0.05) is 61.5 Å². The van der Waals surface area contributed by atoms with Crippen LogP contribution in [0.2, 0.25) is 0 Å². The van der Waals surface area contributed by atoms with Crippen LogP contribution in [0.3, 0.4) is 0 Å². The normalized spacial score (nSPS) is 20.8. The highest BCUT2D eigenvalue weighted by atomic mass is 32.2. The summed E-state index contributed by atoms with van der Waals surface area (Å²) in [7, 11) is 0. The first-order chi connectivity index (χ1) is 23.1. The highest BCUT2D eigenvalue weighted by molar-refractivity contribution is 8.14. The van der Waals surface area contributed by atoms with Crippen LogP contribution in [-0.4, -0.2) is 44.0 Å². The summed E-state index contributed by atoms with van der Waals surface area (Å²) in [5.74, 6) is 1.82. The molecule has 4 aromatic rings. The number of hydrogen-bond acceptors (Lipinski definition) is 5. The van der Waals surface area contributed by atoms with E-state index in [1.54, 1.807) is 11.8 Å². The van der Waals surface area contributed by atoms with Gasteiger partial charge in [0.05, 0.1) is 5.69 Å². The number of aliphatic imine (C=N–C) groups is 1. The molecule has 0 bridgehead atoms. The minimum absolute atomic E-state index is 0.0357. The Morgan fingerprint density at radius 3 is 2.54 bits per heavy atom. The van der Waals surface area contributed by atoms with E-state index in [0.29, 0.717) is 29.8 Å². The SMILES string of the molecule is CCCc1ccc(C)cc1N1C(=NC(=O)CC2CCC(c3ccc(-c4ncn(-c5ccc(OC(F)(F)F)cc5)n4)cc3)C2)SCCC1C.